The lowest BCUT2D eigenvalue weighted by Gasteiger charge is -2.34. The van der Waals surface area contributed by atoms with Crippen LogP contribution in [0, 0.1) is 11.7 Å². The molecular formula is C15H21F3N2O. The summed E-state index contributed by atoms with van der Waals surface area (Å²) in [4.78, 5) is 2.28. The maximum absolute atomic E-state index is 13.7. The summed E-state index contributed by atoms with van der Waals surface area (Å²) in [5, 5.41) is 3.24. The van der Waals surface area contributed by atoms with Crippen molar-refractivity contribution in [3.05, 3.63) is 24.0 Å². The largest absolute Gasteiger partial charge is 0.432 e. The van der Waals surface area contributed by atoms with Crippen LogP contribution in [0.1, 0.15) is 19.8 Å². The van der Waals surface area contributed by atoms with E-state index in [2.05, 4.69) is 28.9 Å². The number of anilines is 1. The number of hydrogen-bond acceptors (Lipinski definition) is 3. The molecule has 0 saturated carbocycles. The van der Waals surface area contributed by atoms with Gasteiger partial charge in [0.25, 0.3) is 0 Å². The van der Waals surface area contributed by atoms with Crippen molar-refractivity contribution in [2.24, 2.45) is 5.92 Å². The molecule has 0 aromatic heterocycles. The summed E-state index contributed by atoms with van der Waals surface area (Å²) < 4.78 is 41.9. The maximum atomic E-state index is 13.7. The fourth-order valence-corrected chi connectivity index (χ4v) is 2.78. The Bertz CT molecular complexity index is 470. The highest BCUT2D eigenvalue weighted by molar-refractivity contribution is 5.48. The van der Waals surface area contributed by atoms with Crippen LogP contribution in [0.25, 0.3) is 0 Å². The molecule has 2 unspecified atom stereocenters. The standard InChI is InChI=1S/C15H21F3N2O/c1-10(11-4-3-7-20(2)9-11)19-12-5-6-14(13(16)8-12)21-15(17)18/h5-6,8,10-11,15,19H,3-4,7,9H2,1-2H3. The number of hydrogen-bond donors (Lipinski definition) is 1. The van der Waals surface area contributed by atoms with Gasteiger partial charge in [0, 0.05) is 24.3 Å². The van der Waals surface area contributed by atoms with Crippen LogP contribution in [0.4, 0.5) is 18.9 Å². The molecule has 0 radical (unpaired) electrons. The van der Waals surface area contributed by atoms with Gasteiger partial charge < -0.3 is 15.0 Å². The normalized spacial score (nSPS) is 21.3. The molecule has 3 nitrogen and oxygen atoms in total. The molecule has 1 heterocycles. The Morgan fingerprint density at radius 3 is 2.76 bits per heavy atom. The molecule has 0 amide bonds. The fourth-order valence-electron chi connectivity index (χ4n) is 2.78. The number of halogens is 3. The quantitative estimate of drug-likeness (QED) is 0.900. The first-order chi connectivity index (χ1) is 9.95. The molecule has 2 atom stereocenters. The number of nitrogens with zero attached hydrogens (tertiary/aromatic N) is 1. The van der Waals surface area contributed by atoms with Gasteiger partial charge in [0.15, 0.2) is 11.6 Å². The summed E-state index contributed by atoms with van der Waals surface area (Å²) >= 11 is 0. The number of nitrogens with one attached hydrogen (secondary N) is 1. The number of likely N-dealkylation sites (tertiary alicyclic amines) is 1. The molecule has 6 heteroatoms. The van der Waals surface area contributed by atoms with Crippen molar-refractivity contribution in [2.75, 3.05) is 25.5 Å². The zero-order chi connectivity index (χ0) is 15.4. The third-order valence-electron chi connectivity index (χ3n) is 3.91. The summed E-state index contributed by atoms with van der Waals surface area (Å²) in [7, 11) is 2.09. The Balaban J connectivity index is 1.97. The smallest absolute Gasteiger partial charge is 0.387 e. The summed E-state index contributed by atoms with van der Waals surface area (Å²) in [6, 6.07) is 4.17. The van der Waals surface area contributed by atoms with Crippen molar-refractivity contribution < 1.29 is 17.9 Å². The van der Waals surface area contributed by atoms with Gasteiger partial charge >= 0.3 is 6.61 Å². The van der Waals surface area contributed by atoms with Crippen LogP contribution < -0.4 is 10.1 Å². The third kappa shape index (κ3) is 4.52. The molecule has 1 N–H and O–H groups in total. The molecule has 1 saturated heterocycles. The van der Waals surface area contributed by atoms with Crippen molar-refractivity contribution in [3.63, 3.8) is 0 Å². The van der Waals surface area contributed by atoms with Crippen LogP contribution in [-0.4, -0.2) is 37.7 Å². The van der Waals surface area contributed by atoms with E-state index < -0.39 is 18.2 Å². The summed E-state index contributed by atoms with van der Waals surface area (Å²) in [5.74, 6) is -0.724. The predicted octanol–water partition coefficient (Wildman–Crippen LogP) is 3.57. The Hall–Kier alpha value is -1.43. The van der Waals surface area contributed by atoms with Gasteiger partial charge in [-0.1, -0.05) is 0 Å². The van der Waals surface area contributed by atoms with E-state index in [-0.39, 0.29) is 6.04 Å². The Labute approximate surface area is 123 Å². The predicted molar refractivity (Wildman–Crippen MR) is 76.3 cm³/mol. The van der Waals surface area contributed by atoms with Crippen molar-refractivity contribution in [1.29, 1.82) is 0 Å². The molecule has 21 heavy (non-hydrogen) atoms. The Morgan fingerprint density at radius 1 is 1.38 bits per heavy atom. The lowest BCUT2D eigenvalue weighted by molar-refractivity contribution is -0.0521. The van der Waals surface area contributed by atoms with Gasteiger partial charge in [-0.2, -0.15) is 8.78 Å². The Kier molecular flexibility index (Phi) is 5.33. The highest BCUT2D eigenvalue weighted by Gasteiger charge is 2.23. The van der Waals surface area contributed by atoms with E-state index in [0.29, 0.717) is 11.6 Å². The van der Waals surface area contributed by atoms with Crippen LogP contribution in [0.2, 0.25) is 0 Å². The van der Waals surface area contributed by atoms with E-state index in [4.69, 9.17) is 0 Å². The second kappa shape index (κ2) is 7.02. The van der Waals surface area contributed by atoms with Crippen molar-refractivity contribution in [1.82, 2.24) is 4.90 Å². The first kappa shape index (κ1) is 15.9. The van der Waals surface area contributed by atoms with Crippen LogP contribution in [0.5, 0.6) is 5.75 Å². The van der Waals surface area contributed by atoms with Gasteiger partial charge in [0.2, 0.25) is 0 Å². The molecule has 0 aliphatic carbocycles. The second-order valence-electron chi connectivity index (χ2n) is 5.62. The molecule has 0 bridgehead atoms. The average Bonchev–Trinajstić information content (AvgIpc) is 2.41. The number of ether oxygens (including phenoxy) is 1. The van der Waals surface area contributed by atoms with Gasteiger partial charge in [-0.15, -0.1) is 0 Å². The second-order valence-corrected chi connectivity index (χ2v) is 5.62. The van der Waals surface area contributed by atoms with Crippen LogP contribution in [0.15, 0.2) is 18.2 Å². The average molecular weight is 302 g/mol. The van der Waals surface area contributed by atoms with Gasteiger partial charge in [-0.05, 0) is 51.4 Å². The Morgan fingerprint density at radius 2 is 2.14 bits per heavy atom. The van der Waals surface area contributed by atoms with Crippen LogP contribution in [-0.2, 0) is 0 Å². The molecule has 1 aliphatic heterocycles. The number of rotatable bonds is 5. The lowest BCUT2D eigenvalue weighted by Crippen LogP contribution is -2.39. The molecule has 0 spiro atoms. The summed E-state index contributed by atoms with van der Waals surface area (Å²) in [5.41, 5.74) is 0.579. The number of alkyl halides is 2. The SMILES string of the molecule is CC(Nc1ccc(OC(F)F)c(F)c1)C1CCCN(C)C1. The fraction of sp³-hybridized carbons (Fsp3) is 0.600. The highest BCUT2D eigenvalue weighted by Crippen LogP contribution is 2.25. The number of benzene rings is 1. The minimum atomic E-state index is -3.02. The zero-order valence-corrected chi connectivity index (χ0v) is 12.3. The van der Waals surface area contributed by atoms with Crippen molar-refractivity contribution >= 4 is 5.69 Å². The van der Waals surface area contributed by atoms with Gasteiger partial charge in [-0.25, -0.2) is 4.39 Å². The molecule has 1 aliphatic rings. The molecule has 2 rings (SSSR count). The van der Waals surface area contributed by atoms with Crippen molar-refractivity contribution in [3.8, 4) is 5.75 Å². The summed E-state index contributed by atoms with van der Waals surface area (Å²) in [6.07, 6.45) is 2.29. The molecule has 1 aromatic rings. The van der Waals surface area contributed by atoms with Gasteiger partial charge in [0.05, 0.1) is 0 Å². The minimum absolute atomic E-state index is 0.189. The van der Waals surface area contributed by atoms with Crippen molar-refractivity contribution in [2.45, 2.75) is 32.4 Å². The van der Waals surface area contributed by atoms with E-state index >= 15 is 0 Å². The molecule has 1 fully saturated rings. The first-order valence-corrected chi connectivity index (χ1v) is 7.15. The summed E-state index contributed by atoms with van der Waals surface area (Å²) in [6.45, 7) is 1.15. The lowest BCUT2D eigenvalue weighted by atomic mass is 9.92. The van der Waals surface area contributed by atoms with E-state index in [1.807, 2.05) is 0 Å². The van der Waals surface area contributed by atoms with E-state index in [9.17, 15) is 13.2 Å². The number of piperidine rings is 1. The van der Waals surface area contributed by atoms with Gasteiger partial charge in [0.1, 0.15) is 0 Å². The highest BCUT2D eigenvalue weighted by atomic mass is 19.3. The molecule has 118 valence electrons. The molecular weight excluding hydrogens is 281 g/mol. The minimum Gasteiger partial charge on any atom is -0.432 e. The van der Waals surface area contributed by atoms with E-state index in [1.54, 1.807) is 6.07 Å². The zero-order valence-electron chi connectivity index (χ0n) is 12.3. The van der Waals surface area contributed by atoms with E-state index in [0.717, 1.165) is 25.9 Å². The molecule has 1 aromatic carbocycles. The van der Waals surface area contributed by atoms with Gasteiger partial charge in [-0.3, -0.25) is 0 Å². The first-order valence-electron chi connectivity index (χ1n) is 7.15. The van der Waals surface area contributed by atoms with Crippen LogP contribution in [0.3, 0.4) is 0 Å². The topological polar surface area (TPSA) is 24.5 Å². The van der Waals surface area contributed by atoms with Crippen LogP contribution >= 0.6 is 0 Å². The van der Waals surface area contributed by atoms with E-state index in [1.165, 1.54) is 12.1 Å². The third-order valence-corrected chi connectivity index (χ3v) is 3.91. The monoisotopic (exact) mass is 302 g/mol. The maximum Gasteiger partial charge on any atom is 0.387 e.